The number of aromatic nitrogens is 3. The van der Waals surface area contributed by atoms with E-state index in [0.717, 1.165) is 18.7 Å². The molecule has 7 nitrogen and oxygen atoms in total. The van der Waals surface area contributed by atoms with Crippen LogP contribution in [-0.4, -0.2) is 44.6 Å². The number of benzene rings is 1. The number of amides is 2. The first-order chi connectivity index (χ1) is 12.7. The summed E-state index contributed by atoms with van der Waals surface area (Å²) in [5.41, 5.74) is 2.53. The largest absolute Gasteiger partial charge is 0.338 e. The number of carbonyl (C=O) groups is 2. The Labute approximate surface area is 158 Å². The van der Waals surface area contributed by atoms with Crippen molar-refractivity contribution >= 4 is 17.5 Å². The Morgan fingerprint density at radius 2 is 2.07 bits per heavy atom. The number of aryl methyl sites for hydroxylation is 3. The molecule has 1 N–H and O–H groups in total. The smallest absolute Gasteiger partial charge is 0.253 e. The van der Waals surface area contributed by atoms with Gasteiger partial charge in [-0.3, -0.25) is 9.59 Å². The standard InChI is InChI=1S/C20H25N5O2/c1-12-5-6-15(19(27)24-9-16-8-20(16,4)11-24)7-17(12)22-18(26)10-25-14(3)21-13(2)23-25/h5-7,16H,8-11H2,1-4H3,(H,22,26)/t16-,20+/m0/s1. The van der Waals surface area contributed by atoms with Crippen LogP contribution in [0, 0.1) is 32.1 Å². The Bertz CT molecular complexity index is 934. The molecule has 142 valence electrons. The van der Waals surface area contributed by atoms with Crippen LogP contribution in [0.5, 0.6) is 0 Å². The molecule has 1 aliphatic heterocycles. The van der Waals surface area contributed by atoms with Gasteiger partial charge in [0.15, 0.2) is 0 Å². The molecule has 2 amide bonds. The summed E-state index contributed by atoms with van der Waals surface area (Å²) in [6.45, 7) is 9.55. The van der Waals surface area contributed by atoms with Crippen LogP contribution in [0.15, 0.2) is 18.2 Å². The molecule has 2 heterocycles. The van der Waals surface area contributed by atoms with E-state index in [2.05, 4.69) is 22.3 Å². The third-order valence-corrected chi connectivity index (χ3v) is 5.83. The van der Waals surface area contributed by atoms with E-state index in [1.54, 1.807) is 17.7 Å². The van der Waals surface area contributed by atoms with Crippen molar-refractivity contribution in [3.05, 3.63) is 41.0 Å². The summed E-state index contributed by atoms with van der Waals surface area (Å²) in [7, 11) is 0. The minimum Gasteiger partial charge on any atom is -0.338 e. The van der Waals surface area contributed by atoms with E-state index in [-0.39, 0.29) is 18.4 Å². The highest BCUT2D eigenvalue weighted by Gasteiger charge is 2.57. The number of hydrogen-bond donors (Lipinski definition) is 1. The topological polar surface area (TPSA) is 80.1 Å². The molecule has 2 fully saturated rings. The summed E-state index contributed by atoms with van der Waals surface area (Å²) < 4.78 is 1.58. The predicted molar refractivity (Wildman–Crippen MR) is 101 cm³/mol. The fourth-order valence-corrected chi connectivity index (χ4v) is 4.01. The molecule has 1 aromatic heterocycles. The molecular weight excluding hydrogens is 342 g/mol. The van der Waals surface area contributed by atoms with Crippen LogP contribution >= 0.6 is 0 Å². The van der Waals surface area contributed by atoms with Crippen LogP contribution < -0.4 is 5.32 Å². The van der Waals surface area contributed by atoms with Crippen molar-refractivity contribution in [3.8, 4) is 0 Å². The van der Waals surface area contributed by atoms with Gasteiger partial charge in [0.1, 0.15) is 18.2 Å². The molecule has 2 aromatic rings. The van der Waals surface area contributed by atoms with Gasteiger partial charge in [0.05, 0.1) is 0 Å². The number of nitrogens with zero attached hydrogens (tertiary/aromatic N) is 4. The summed E-state index contributed by atoms with van der Waals surface area (Å²) in [5.74, 6) is 1.85. The lowest BCUT2D eigenvalue weighted by molar-refractivity contribution is -0.117. The molecule has 4 rings (SSSR count). The van der Waals surface area contributed by atoms with E-state index >= 15 is 0 Å². The third-order valence-electron chi connectivity index (χ3n) is 5.83. The lowest BCUT2D eigenvalue weighted by atomic mass is 10.1. The summed E-state index contributed by atoms with van der Waals surface area (Å²) in [4.78, 5) is 31.4. The molecule has 2 atom stereocenters. The van der Waals surface area contributed by atoms with E-state index in [1.165, 1.54) is 6.42 Å². The highest BCUT2D eigenvalue weighted by Crippen LogP contribution is 2.57. The molecule has 1 aliphatic carbocycles. The quantitative estimate of drug-likeness (QED) is 0.899. The molecule has 7 heteroatoms. The van der Waals surface area contributed by atoms with Crippen molar-refractivity contribution in [2.75, 3.05) is 18.4 Å². The Balaban J connectivity index is 1.46. The number of piperidine rings is 1. The first-order valence-electron chi connectivity index (χ1n) is 9.33. The second-order valence-electron chi connectivity index (χ2n) is 8.18. The van der Waals surface area contributed by atoms with Gasteiger partial charge in [-0.15, -0.1) is 0 Å². The zero-order valence-corrected chi connectivity index (χ0v) is 16.2. The van der Waals surface area contributed by atoms with Gasteiger partial charge in [0.25, 0.3) is 5.91 Å². The lowest BCUT2D eigenvalue weighted by Crippen LogP contribution is -2.31. The molecule has 1 saturated carbocycles. The van der Waals surface area contributed by atoms with E-state index in [9.17, 15) is 9.59 Å². The van der Waals surface area contributed by atoms with Gasteiger partial charge >= 0.3 is 0 Å². The van der Waals surface area contributed by atoms with Crippen molar-refractivity contribution in [2.24, 2.45) is 11.3 Å². The minimum absolute atomic E-state index is 0.0432. The normalized spacial score (nSPS) is 23.3. The molecular formula is C20H25N5O2. The highest BCUT2D eigenvalue weighted by molar-refractivity contribution is 5.98. The van der Waals surface area contributed by atoms with Crippen molar-refractivity contribution in [3.63, 3.8) is 0 Å². The summed E-state index contributed by atoms with van der Waals surface area (Å²) in [6, 6.07) is 5.50. The molecule has 1 aromatic carbocycles. The Hall–Kier alpha value is -2.70. The van der Waals surface area contributed by atoms with Gasteiger partial charge in [-0.25, -0.2) is 9.67 Å². The van der Waals surface area contributed by atoms with Crippen LogP contribution in [-0.2, 0) is 11.3 Å². The van der Waals surface area contributed by atoms with Gasteiger partial charge in [0, 0.05) is 24.3 Å². The molecule has 27 heavy (non-hydrogen) atoms. The maximum atomic E-state index is 12.8. The molecule has 0 radical (unpaired) electrons. The minimum atomic E-state index is -0.189. The van der Waals surface area contributed by atoms with Crippen LogP contribution in [0.1, 0.15) is 40.9 Å². The Morgan fingerprint density at radius 1 is 1.30 bits per heavy atom. The predicted octanol–water partition coefficient (Wildman–Crippen LogP) is 2.32. The fourth-order valence-electron chi connectivity index (χ4n) is 4.01. The molecule has 2 aliphatic rings. The number of nitrogens with one attached hydrogen (secondary N) is 1. The summed E-state index contributed by atoms with van der Waals surface area (Å²) in [6.07, 6.45) is 1.23. The zero-order valence-electron chi connectivity index (χ0n) is 16.2. The van der Waals surface area contributed by atoms with Gasteiger partial charge in [-0.1, -0.05) is 13.0 Å². The number of anilines is 1. The number of hydrogen-bond acceptors (Lipinski definition) is 4. The van der Waals surface area contributed by atoms with Crippen LogP contribution in [0.25, 0.3) is 0 Å². The van der Waals surface area contributed by atoms with Gasteiger partial charge < -0.3 is 10.2 Å². The van der Waals surface area contributed by atoms with Gasteiger partial charge in [-0.2, -0.15) is 5.10 Å². The number of likely N-dealkylation sites (tertiary alicyclic amines) is 1. The van der Waals surface area contributed by atoms with Crippen molar-refractivity contribution in [1.29, 1.82) is 0 Å². The average Bonchev–Trinajstić information content (AvgIpc) is 2.93. The Kier molecular flexibility index (Phi) is 4.05. The van der Waals surface area contributed by atoms with E-state index < -0.39 is 0 Å². The first kappa shape index (κ1) is 17.7. The zero-order chi connectivity index (χ0) is 19.3. The monoisotopic (exact) mass is 367 g/mol. The van der Waals surface area contributed by atoms with Crippen molar-refractivity contribution < 1.29 is 9.59 Å². The first-order valence-corrected chi connectivity index (χ1v) is 9.33. The number of fused-ring (bicyclic) bond motifs is 1. The molecule has 0 spiro atoms. The maximum Gasteiger partial charge on any atom is 0.253 e. The van der Waals surface area contributed by atoms with E-state index in [0.29, 0.717) is 34.2 Å². The molecule has 1 saturated heterocycles. The van der Waals surface area contributed by atoms with Crippen molar-refractivity contribution in [2.45, 2.75) is 40.7 Å². The van der Waals surface area contributed by atoms with Crippen LogP contribution in [0.2, 0.25) is 0 Å². The van der Waals surface area contributed by atoms with Gasteiger partial charge in [0.2, 0.25) is 5.91 Å². The third kappa shape index (κ3) is 3.34. The highest BCUT2D eigenvalue weighted by atomic mass is 16.2. The number of rotatable bonds is 4. The van der Waals surface area contributed by atoms with Crippen molar-refractivity contribution in [1.82, 2.24) is 19.7 Å². The van der Waals surface area contributed by atoms with Crippen LogP contribution in [0.3, 0.4) is 0 Å². The molecule has 0 bridgehead atoms. The molecule has 0 unspecified atom stereocenters. The SMILES string of the molecule is Cc1nc(C)n(CC(=O)Nc2cc(C(=O)N3C[C@@H]4C[C@]4(C)C3)ccc2C)n1. The van der Waals surface area contributed by atoms with Gasteiger partial charge in [-0.05, 0) is 56.2 Å². The van der Waals surface area contributed by atoms with Crippen LogP contribution in [0.4, 0.5) is 5.69 Å². The van der Waals surface area contributed by atoms with E-state index in [4.69, 9.17) is 0 Å². The average molecular weight is 367 g/mol. The second-order valence-corrected chi connectivity index (χ2v) is 8.18. The summed E-state index contributed by atoms with van der Waals surface area (Å²) >= 11 is 0. The fraction of sp³-hybridized carbons (Fsp3) is 0.500. The second kappa shape index (κ2) is 6.18. The maximum absolute atomic E-state index is 12.8. The lowest BCUT2D eigenvalue weighted by Gasteiger charge is -2.20. The number of carbonyl (C=O) groups excluding carboxylic acids is 2. The summed E-state index contributed by atoms with van der Waals surface area (Å²) in [5, 5.41) is 7.12. The Morgan fingerprint density at radius 3 is 2.70 bits per heavy atom. The van der Waals surface area contributed by atoms with E-state index in [1.807, 2.05) is 30.9 Å².